The van der Waals surface area contributed by atoms with Crippen LogP contribution in [0.3, 0.4) is 0 Å². The second kappa shape index (κ2) is 8.39. The zero-order valence-corrected chi connectivity index (χ0v) is 13.1. The molecule has 0 bridgehead atoms. The molecule has 1 unspecified atom stereocenters. The summed E-state index contributed by atoms with van der Waals surface area (Å²) in [4.78, 5) is 0. The lowest BCUT2D eigenvalue weighted by molar-refractivity contribution is 0.103. The molecule has 1 rings (SSSR count). The predicted octanol–water partition coefficient (Wildman–Crippen LogP) is 3.47. The van der Waals surface area contributed by atoms with Gasteiger partial charge in [-0.1, -0.05) is 34.6 Å². The minimum absolute atomic E-state index is 0.447. The zero-order valence-electron chi connectivity index (χ0n) is 13.1. The number of hydrogen-bond donors (Lipinski definition) is 1. The maximum atomic E-state index is 5.63. The van der Waals surface area contributed by atoms with E-state index >= 15 is 0 Å². The first-order valence-electron chi connectivity index (χ1n) is 7.51. The van der Waals surface area contributed by atoms with Gasteiger partial charge < -0.3 is 14.6 Å². The molecule has 0 aromatic carbocycles. The van der Waals surface area contributed by atoms with Crippen LogP contribution in [0.2, 0.25) is 0 Å². The maximum Gasteiger partial charge on any atom is 0.0645 e. The third-order valence-corrected chi connectivity index (χ3v) is 3.17. The van der Waals surface area contributed by atoms with Gasteiger partial charge in [-0.05, 0) is 30.0 Å². The van der Waals surface area contributed by atoms with Gasteiger partial charge in [-0.2, -0.15) is 0 Å². The van der Waals surface area contributed by atoms with Crippen LogP contribution in [0.5, 0.6) is 0 Å². The second-order valence-electron chi connectivity index (χ2n) is 5.93. The molecule has 0 aliphatic carbocycles. The highest BCUT2D eigenvalue weighted by molar-refractivity contribution is 5.16. The van der Waals surface area contributed by atoms with Gasteiger partial charge in [0.2, 0.25) is 0 Å². The van der Waals surface area contributed by atoms with Crippen LogP contribution in [-0.2, 0) is 11.3 Å². The van der Waals surface area contributed by atoms with Crippen molar-refractivity contribution in [2.45, 2.75) is 47.2 Å². The lowest BCUT2D eigenvalue weighted by Crippen LogP contribution is -2.25. The topological polar surface area (TPSA) is 26.2 Å². The highest BCUT2D eigenvalue weighted by atomic mass is 16.5. The largest absolute Gasteiger partial charge is 0.379 e. The molecular formula is C16H30N2O. The average molecular weight is 266 g/mol. The lowest BCUT2D eigenvalue weighted by atomic mass is 9.98. The normalized spacial score (nSPS) is 13.4. The van der Waals surface area contributed by atoms with E-state index in [1.807, 2.05) is 0 Å². The molecule has 0 amide bonds. The third-order valence-electron chi connectivity index (χ3n) is 3.17. The van der Waals surface area contributed by atoms with Crippen LogP contribution in [0, 0.1) is 11.8 Å². The van der Waals surface area contributed by atoms with Gasteiger partial charge in [0.15, 0.2) is 0 Å². The van der Waals surface area contributed by atoms with Crippen LogP contribution in [0.25, 0.3) is 0 Å². The van der Waals surface area contributed by atoms with Crippen molar-refractivity contribution in [3.8, 4) is 0 Å². The van der Waals surface area contributed by atoms with E-state index in [0.717, 1.165) is 26.3 Å². The smallest absolute Gasteiger partial charge is 0.0645 e. The van der Waals surface area contributed by atoms with Gasteiger partial charge in [-0.15, -0.1) is 0 Å². The van der Waals surface area contributed by atoms with Crippen LogP contribution in [0.15, 0.2) is 18.5 Å². The van der Waals surface area contributed by atoms with Crippen molar-refractivity contribution in [2.24, 2.45) is 11.8 Å². The molecule has 1 atom stereocenters. The Hall–Kier alpha value is -0.800. The van der Waals surface area contributed by atoms with Crippen molar-refractivity contribution in [1.29, 1.82) is 0 Å². The number of nitrogens with one attached hydrogen (secondary N) is 1. The van der Waals surface area contributed by atoms with Gasteiger partial charge in [-0.3, -0.25) is 0 Å². The Morgan fingerprint density at radius 2 is 2.00 bits per heavy atom. The number of aromatic nitrogens is 1. The highest BCUT2D eigenvalue weighted by Gasteiger charge is 2.15. The minimum atomic E-state index is 0.447. The zero-order chi connectivity index (χ0) is 14.3. The summed E-state index contributed by atoms with van der Waals surface area (Å²) in [5.74, 6) is 1.22. The van der Waals surface area contributed by atoms with Crippen LogP contribution in [0.1, 0.15) is 46.2 Å². The molecule has 0 aliphatic heterocycles. The fourth-order valence-electron chi connectivity index (χ4n) is 2.23. The Bertz CT molecular complexity index is 344. The van der Waals surface area contributed by atoms with E-state index in [0.29, 0.717) is 17.9 Å². The Balaban J connectivity index is 2.46. The first-order valence-corrected chi connectivity index (χ1v) is 7.51. The average Bonchev–Trinajstić information content (AvgIpc) is 2.79. The van der Waals surface area contributed by atoms with Crippen molar-refractivity contribution in [3.63, 3.8) is 0 Å². The van der Waals surface area contributed by atoms with Crippen LogP contribution in [-0.4, -0.2) is 24.3 Å². The molecule has 1 aromatic heterocycles. The number of nitrogens with zero attached hydrogens (tertiary/aromatic N) is 1. The fourth-order valence-corrected chi connectivity index (χ4v) is 2.23. The molecule has 110 valence electrons. The van der Waals surface area contributed by atoms with Crippen LogP contribution in [0.4, 0.5) is 0 Å². The van der Waals surface area contributed by atoms with Crippen molar-refractivity contribution >= 4 is 0 Å². The molecular weight excluding hydrogens is 236 g/mol. The predicted molar refractivity (Wildman–Crippen MR) is 81.3 cm³/mol. The van der Waals surface area contributed by atoms with Crippen molar-refractivity contribution in [3.05, 3.63) is 24.0 Å². The summed E-state index contributed by atoms with van der Waals surface area (Å²) in [5.41, 5.74) is 1.38. The maximum absolute atomic E-state index is 5.63. The standard InChI is InChI=1S/C16H30N2O/c1-6-17-16(14(4)5)15-7-8-18(11-15)9-10-19-12-13(2)3/h7-8,11,13-14,16-17H,6,9-10,12H2,1-5H3. The number of ether oxygens (including phenoxy) is 1. The summed E-state index contributed by atoms with van der Waals surface area (Å²) in [7, 11) is 0. The molecule has 1 N–H and O–H groups in total. The molecule has 0 radical (unpaired) electrons. The van der Waals surface area contributed by atoms with E-state index in [1.165, 1.54) is 5.56 Å². The van der Waals surface area contributed by atoms with E-state index in [1.54, 1.807) is 0 Å². The third kappa shape index (κ3) is 5.79. The van der Waals surface area contributed by atoms with Crippen molar-refractivity contribution in [1.82, 2.24) is 9.88 Å². The Morgan fingerprint density at radius 3 is 2.58 bits per heavy atom. The van der Waals surface area contributed by atoms with Gasteiger partial charge in [-0.25, -0.2) is 0 Å². The molecule has 3 nitrogen and oxygen atoms in total. The Morgan fingerprint density at radius 1 is 1.26 bits per heavy atom. The summed E-state index contributed by atoms with van der Waals surface area (Å²) >= 11 is 0. The summed E-state index contributed by atoms with van der Waals surface area (Å²) in [6.45, 7) is 14.6. The number of rotatable bonds is 9. The Labute approximate surface area is 118 Å². The molecule has 3 heteroatoms. The van der Waals surface area contributed by atoms with Gasteiger partial charge in [0, 0.05) is 31.6 Å². The summed E-state index contributed by atoms with van der Waals surface area (Å²) in [5, 5.41) is 3.55. The monoisotopic (exact) mass is 266 g/mol. The fraction of sp³-hybridized carbons (Fsp3) is 0.750. The van der Waals surface area contributed by atoms with Gasteiger partial charge in [0.05, 0.1) is 6.61 Å². The summed E-state index contributed by atoms with van der Waals surface area (Å²) in [6, 6.07) is 2.67. The SMILES string of the molecule is CCNC(c1ccn(CCOCC(C)C)c1)C(C)C. The molecule has 1 heterocycles. The minimum Gasteiger partial charge on any atom is -0.379 e. The van der Waals surface area contributed by atoms with E-state index in [2.05, 4.69) is 63.0 Å². The summed E-state index contributed by atoms with van der Waals surface area (Å²) in [6.07, 6.45) is 4.40. The molecule has 0 saturated heterocycles. The van der Waals surface area contributed by atoms with E-state index in [-0.39, 0.29) is 0 Å². The first-order chi connectivity index (χ1) is 9.04. The van der Waals surface area contributed by atoms with Gasteiger partial charge >= 0.3 is 0 Å². The lowest BCUT2D eigenvalue weighted by Gasteiger charge is -2.20. The van der Waals surface area contributed by atoms with Gasteiger partial charge in [0.1, 0.15) is 0 Å². The molecule has 0 aliphatic rings. The Kier molecular flexibility index (Phi) is 7.17. The van der Waals surface area contributed by atoms with E-state index in [4.69, 9.17) is 4.74 Å². The first kappa shape index (κ1) is 16.3. The van der Waals surface area contributed by atoms with Crippen LogP contribution >= 0.6 is 0 Å². The molecule has 0 spiro atoms. The van der Waals surface area contributed by atoms with E-state index < -0.39 is 0 Å². The quantitative estimate of drug-likeness (QED) is 0.693. The van der Waals surface area contributed by atoms with Crippen LogP contribution < -0.4 is 5.32 Å². The molecule has 1 aromatic rings. The van der Waals surface area contributed by atoms with E-state index in [9.17, 15) is 0 Å². The molecule has 19 heavy (non-hydrogen) atoms. The highest BCUT2D eigenvalue weighted by Crippen LogP contribution is 2.21. The number of hydrogen-bond acceptors (Lipinski definition) is 2. The van der Waals surface area contributed by atoms with Crippen molar-refractivity contribution < 1.29 is 4.74 Å². The van der Waals surface area contributed by atoms with Crippen molar-refractivity contribution in [2.75, 3.05) is 19.8 Å². The molecule has 0 fully saturated rings. The van der Waals surface area contributed by atoms with Gasteiger partial charge in [0.25, 0.3) is 0 Å². The summed E-state index contributed by atoms with van der Waals surface area (Å²) < 4.78 is 7.85. The molecule has 0 saturated carbocycles. The second-order valence-corrected chi connectivity index (χ2v) is 5.93.